The zero-order valence-corrected chi connectivity index (χ0v) is 11.7. The third-order valence-corrected chi connectivity index (χ3v) is 2.88. The van der Waals surface area contributed by atoms with E-state index >= 15 is 0 Å². The number of rotatable bonds is 6. The molecule has 1 aromatic carbocycles. The lowest BCUT2D eigenvalue weighted by atomic mass is 10.1. The fourth-order valence-electron chi connectivity index (χ4n) is 1.95. The molecular formula is C15H21N3O. The number of aromatic amines is 1. The molecule has 1 unspecified atom stereocenters. The van der Waals surface area contributed by atoms with E-state index in [4.69, 9.17) is 4.74 Å². The molecule has 1 aromatic heterocycles. The van der Waals surface area contributed by atoms with Crippen molar-refractivity contribution in [2.75, 3.05) is 0 Å². The molecule has 2 N–H and O–H groups in total. The molecule has 0 aliphatic carbocycles. The van der Waals surface area contributed by atoms with Crippen LogP contribution in [0.2, 0.25) is 0 Å². The van der Waals surface area contributed by atoms with Crippen LogP contribution in [0.5, 0.6) is 5.75 Å². The number of aromatic nitrogens is 2. The molecule has 0 bridgehead atoms. The van der Waals surface area contributed by atoms with Crippen molar-refractivity contribution >= 4 is 0 Å². The molecule has 0 saturated heterocycles. The fourth-order valence-corrected chi connectivity index (χ4v) is 1.95. The molecule has 0 fully saturated rings. The van der Waals surface area contributed by atoms with Crippen LogP contribution < -0.4 is 10.1 Å². The van der Waals surface area contributed by atoms with E-state index in [1.165, 1.54) is 5.56 Å². The molecule has 0 amide bonds. The third-order valence-electron chi connectivity index (χ3n) is 2.88. The van der Waals surface area contributed by atoms with E-state index < -0.39 is 0 Å². The average Bonchev–Trinajstić information content (AvgIpc) is 2.89. The van der Waals surface area contributed by atoms with Crippen LogP contribution in [0.1, 0.15) is 38.2 Å². The van der Waals surface area contributed by atoms with Crippen molar-refractivity contribution in [1.82, 2.24) is 15.3 Å². The van der Waals surface area contributed by atoms with Crippen molar-refractivity contribution in [3.05, 3.63) is 48.0 Å². The summed E-state index contributed by atoms with van der Waals surface area (Å²) in [6, 6.07) is 8.35. The molecule has 102 valence electrons. The maximum Gasteiger partial charge on any atom is 0.124 e. The summed E-state index contributed by atoms with van der Waals surface area (Å²) < 4.78 is 5.84. The van der Waals surface area contributed by atoms with E-state index in [0.29, 0.717) is 6.54 Å². The van der Waals surface area contributed by atoms with Crippen LogP contribution in [0.15, 0.2) is 36.7 Å². The first kappa shape index (κ1) is 13.6. The lowest BCUT2D eigenvalue weighted by Crippen LogP contribution is -2.20. The van der Waals surface area contributed by atoms with Gasteiger partial charge in [0.05, 0.1) is 12.6 Å². The summed E-state index contributed by atoms with van der Waals surface area (Å²) in [6.45, 7) is 6.92. The Balaban J connectivity index is 2.03. The van der Waals surface area contributed by atoms with Crippen molar-refractivity contribution in [2.45, 2.75) is 39.5 Å². The van der Waals surface area contributed by atoms with Crippen molar-refractivity contribution in [3.8, 4) is 5.75 Å². The van der Waals surface area contributed by atoms with Gasteiger partial charge in [-0.05, 0) is 26.8 Å². The number of H-pyrrole nitrogens is 1. The highest BCUT2D eigenvalue weighted by Crippen LogP contribution is 2.25. The SMILES string of the molecule is CC(C)Oc1ccccc1C(C)NCc1ncc[nH]1. The van der Waals surface area contributed by atoms with Crippen LogP contribution in [0.3, 0.4) is 0 Å². The molecule has 0 saturated carbocycles. The summed E-state index contributed by atoms with van der Waals surface area (Å²) in [5, 5.41) is 3.44. The molecule has 4 nitrogen and oxygen atoms in total. The number of nitrogens with one attached hydrogen (secondary N) is 2. The van der Waals surface area contributed by atoms with Gasteiger partial charge in [0.25, 0.3) is 0 Å². The highest BCUT2D eigenvalue weighted by molar-refractivity contribution is 5.35. The second-order valence-electron chi connectivity index (χ2n) is 4.84. The number of ether oxygens (including phenoxy) is 1. The number of imidazole rings is 1. The highest BCUT2D eigenvalue weighted by Gasteiger charge is 2.12. The van der Waals surface area contributed by atoms with Gasteiger partial charge in [0.1, 0.15) is 11.6 Å². The average molecular weight is 259 g/mol. The Morgan fingerprint density at radius 1 is 1.26 bits per heavy atom. The zero-order chi connectivity index (χ0) is 13.7. The highest BCUT2D eigenvalue weighted by atomic mass is 16.5. The van der Waals surface area contributed by atoms with E-state index in [1.54, 1.807) is 6.20 Å². The first-order chi connectivity index (χ1) is 9.16. The van der Waals surface area contributed by atoms with E-state index in [2.05, 4.69) is 28.3 Å². The maximum absolute atomic E-state index is 5.84. The Bertz CT molecular complexity index is 494. The van der Waals surface area contributed by atoms with Crippen molar-refractivity contribution < 1.29 is 4.74 Å². The summed E-state index contributed by atoms with van der Waals surface area (Å²) >= 11 is 0. The number of nitrogens with zero attached hydrogens (tertiary/aromatic N) is 1. The second-order valence-corrected chi connectivity index (χ2v) is 4.84. The van der Waals surface area contributed by atoms with Gasteiger partial charge in [-0.1, -0.05) is 18.2 Å². The molecule has 0 aliphatic rings. The van der Waals surface area contributed by atoms with Gasteiger partial charge in [-0.3, -0.25) is 0 Å². The minimum absolute atomic E-state index is 0.179. The Morgan fingerprint density at radius 2 is 2.05 bits per heavy atom. The summed E-state index contributed by atoms with van der Waals surface area (Å²) in [6.07, 6.45) is 3.77. The predicted molar refractivity (Wildman–Crippen MR) is 76.0 cm³/mol. The Labute approximate surface area is 114 Å². The van der Waals surface area contributed by atoms with E-state index in [1.807, 2.05) is 38.2 Å². The molecule has 0 spiro atoms. The number of benzene rings is 1. The summed E-state index contributed by atoms with van der Waals surface area (Å²) in [4.78, 5) is 7.29. The Morgan fingerprint density at radius 3 is 2.74 bits per heavy atom. The molecule has 0 radical (unpaired) electrons. The van der Waals surface area contributed by atoms with Gasteiger partial charge < -0.3 is 15.0 Å². The molecule has 0 aliphatic heterocycles. The summed E-state index contributed by atoms with van der Waals surface area (Å²) in [7, 11) is 0. The van der Waals surface area contributed by atoms with Gasteiger partial charge in [-0.25, -0.2) is 4.98 Å². The fraction of sp³-hybridized carbons (Fsp3) is 0.400. The van der Waals surface area contributed by atoms with Gasteiger partial charge in [-0.2, -0.15) is 0 Å². The summed E-state index contributed by atoms with van der Waals surface area (Å²) in [5.74, 6) is 1.88. The monoisotopic (exact) mass is 259 g/mol. The number of para-hydroxylation sites is 1. The van der Waals surface area contributed by atoms with Gasteiger partial charge in [0.15, 0.2) is 0 Å². The molecule has 1 atom stereocenters. The van der Waals surface area contributed by atoms with Crippen molar-refractivity contribution in [1.29, 1.82) is 0 Å². The van der Waals surface area contributed by atoms with E-state index in [0.717, 1.165) is 11.6 Å². The van der Waals surface area contributed by atoms with Crippen molar-refractivity contribution in [2.24, 2.45) is 0 Å². The van der Waals surface area contributed by atoms with Crippen LogP contribution in [0, 0.1) is 0 Å². The lowest BCUT2D eigenvalue weighted by Gasteiger charge is -2.19. The second kappa shape index (κ2) is 6.38. The van der Waals surface area contributed by atoms with Crippen LogP contribution in [-0.2, 0) is 6.54 Å². The largest absolute Gasteiger partial charge is 0.491 e. The standard InChI is InChI=1S/C15H21N3O/c1-11(2)19-14-7-5-4-6-13(14)12(3)18-10-15-16-8-9-17-15/h4-9,11-12,18H,10H2,1-3H3,(H,16,17). The molecule has 2 aromatic rings. The van der Waals surface area contributed by atoms with Gasteiger partial charge in [-0.15, -0.1) is 0 Å². The maximum atomic E-state index is 5.84. The molecule has 4 heteroatoms. The first-order valence-corrected chi connectivity index (χ1v) is 6.64. The number of hydrogen-bond donors (Lipinski definition) is 2. The van der Waals surface area contributed by atoms with Crippen LogP contribution >= 0.6 is 0 Å². The molecule has 1 heterocycles. The first-order valence-electron chi connectivity index (χ1n) is 6.64. The van der Waals surface area contributed by atoms with Crippen LogP contribution in [0.25, 0.3) is 0 Å². The molecular weight excluding hydrogens is 238 g/mol. The van der Waals surface area contributed by atoms with Gasteiger partial charge >= 0.3 is 0 Å². The third kappa shape index (κ3) is 3.83. The number of hydrogen-bond acceptors (Lipinski definition) is 3. The van der Waals surface area contributed by atoms with Crippen LogP contribution in [-0.4, -0.2) is 16.1 Å². The predicted octanol–water partition coefficient (Wildman–Crippen LogP) is 3.05. The topological polar surface area (TPSA) is 49.9 Å². The quantitative estimate of drug-likeness (QED) is 0.838. The molecule has 2 rings (SSSR count). The minimum Gasteiger partial charge on any atom is -0.491 e. The van der Waals surface area contributed by atoms with E-state index in [-0.39, 0.29) is 12.1 Å². The van der Waals surface area contributed by atoms with Crippen molar-refractivity contribution in [3.63, 3.8) is 0 Å². The molecule has 19 heavy (non-hydrogen) atoms. The smallest absolute Gasteiger partial charge is 0.124 e. The Hall–Kier alpha value is -1.81. The minimum atomic E-state index is 0.179. The van der Waals surface area contributed by atoms with Gasteiger partial charge in [0, 0.05) is 24.0 Å². The summed E-state index contributed by atoms with van der Waals surface area (Å²) in [5.41, 5.74) is 1.17. The normalized spacial score (nSPS) is 12.6. The zero-order valence-electron chi connectivity index (χ0n) is 11.7. The lowest BCUT2D eigenvalue weighted by molar-refractivity contribution is 0.238. The Kier molecular flexibility index (Phi) is 4.58. The van der Waals surface area contributed by atoms with Crippen LogP contribution in [0.4, 0.5) is 0 Å². The van der Waals surface area contributed by atoms with Gasteiger partial charge in [0.2, 0.25) is 0 Å². The van der Waals surface area contributed by atoms with E-state index in [9.17, 15) is 0 Å².